The molecule has 4 nitrogen and oxygen atoms in total. The maximum atomic E-state index is 11.7. The molecule has 1 aromatic carbocycles. The first-order valence-electron chi connectivity index (χ1n) is 5.69. The minimum atomic E-state index is -0.895. The first-order chi connectivity index (χ1) is 8.43. The first kappa shape index (κ1) is 14.9. The van der Waals surface area contributed by atoms with Gasteiger partial charge in [-0.25, -0.2) is 0 Å². The zero-order chi connectivity index (χ0) is 13.6. The van der Waals surface area contributed by atoms with Crippen LogP contribution in [-0.2, 0) is 11.2 Å². The highest BCUT2D eigenvalue weighted by Gasteiger charge is 2.20. The number of thioether (sulfide) groups is 1. The number of aliphatic hydroxyl groups is 1. The number of nitrogens with one attached hydrogen (secondary N) is 1. The Labute approximate surface area is 111 Å². The van der Waals surface area contributed by atoms with E-state index in [9.17, 15) is 15.0 Å². The van der Waals surface area contributed by atoms with Gasteiger partial charge in [-0.1, -0.05) is 12.1 Å². The number of carbonyl (C=O) groups excluding carboxylic acids is 1. The van der Waals surface area contributed by atoms with Gasteiger partial charge in [-0.3, -0.25) is 4.79 Å². The van der Waals surface area contributed by atoms with E-state index in [1.807, 2.05) is 6.26 Å². The Morgan fingerprint density at radius 1 is 1.50 bits per heavy atom. The molecule has 0 bridgehead atoms. The fourth-order valence-corrected chi connectivity index (χ4v) is 2.29. The Bertz CT molecular complexity index is 407. The van der Waals surface area contributed by atoms with Gasteiger partial charge in [0.15, 0.2) is 0 Å². The number of carbonyl (C=O) groups is 1. The van der Waals surface area contributed by atoms with Crippen LogP contribution in [0.5, 0.6) is 5.75 Å². The largest absolute Gasteiger partial charge is 0.508 e. The molecule has 0 aliphatic rings. The molecule has 0 saturated heterocycles. The van der Waals surface area contributed by atoms with Gasteiger partial charge in [-0.2, -0.15) is 11.8 Å². The van der Waals surface area contributed by atoms with Gasteiger partial charge < -0.3 is 15.5 Å². The van der Waals surface area contributed by atoms with E-state index in [1.165, 1.54) is 11.8 Å². The maximum Gasteiger partial charge on any atom is 0.224 e. The SMILES string of the molecule is CSCC(C)(O)CNC(=O)Cc1cccc(O)c1. The summed E-state index contributed by atoms with van der Waals surface area (Å²) in [6.45, 7) is 1.92. The summed E-state index contributed by atoms with van der Waals surface area (Å²) in [5, 5.41) is 21.9. The monoisotopic (exact) mass is 269 g/mol. The number of phenolic OH excluding ortho intramolecular Hbond substituents is 1. The molecule has 0 radical (unpaired) electrons. The van der Waals surface area contributed by atoms with Crippen molar-refractivity contribution in [1.29, 1.82) is 0 Å². The molecule has 1 amide bonds. The summed E-state index contributed by atoms with van der Waals surface area (Å²) in [6.07, 6.45) is 2.10. The zero-order valence-electron chi connectivity index (χ0n) is 10.6. The van der Waals surface area contributed by atoms with Crippen LogP contribution in [0.1, 0.15) is 12.5 Å². The summed E-state index contributed by atoms with van der Waals surface area (Å²) in [4.78, 5) is 11.7. The van der Waals surface area contributed by atoms with Gasteiger partial charge in [0.2, 0.25) is 5.91 Å². The summed E-state index contributed by atoms with van der Waals surface area (Å²) < 4.78 is 0. The Hall–Kier alpha value is -1.20. The van der Waals surface area contributed by atoms with Gasteiger partial charge in [0.1, 0.15) is 5.75 Å². The van der Waals surface area contributed by atoms with Crippen LogP contribution in [0.25, 0.3) is 0 Å². The van der Waals surface area contributed by atoms with Gasteiger partial charge >= 0.3 is 0 Å². The third-order valence-electron chi connectivity index (χ3n) is 2.40. The molecule has 1 rings (SSSR count). The second-order valence-electron chi connectivity index (χ2n) is 4.55. The van der Waals surface area contributed by atoms with Crippen LogP contribution < -0.4 is 5.32 Å². The van der Waals surface area contributed by atoms with Crippen molar-refractivity contribution in [1.82, 2.24) is 5.32 Å². The summed E-state index contributed by atoms with van der Waals surface area (Å²) in [5.41, 5.74) is -0.148. The van der Waals surface area contributed by atoms with Crippen LogP contribution in [0.4, 0.5) is 0 Å². The van der Waals surface area contributed by atoms with Crippen LogP contribution in [0, 0.1) is 0 Å². The number of hydrogen-bond donors (Lipinski definition) is 3. The molecule has 5 heteroatoms. The van der Waals surface area contributed by atoms with Crippen molar-refractivity contribution >= 4 is 17.7 Å². The van der Waals surface area contributed by atoms with E-state index in [1.54, 1.807) is 31.2 Å². The lowest BCUT2D eigenvalue weighted by Gasteiger charge is -2.22. The third kappa shape index (κ3) is 5.42. The smallest absolute Gasteiger partial charge is 0.224 e. The second kappa shape index (κ2) is 6.66. The fourth-order valence-electron chi connectivity index (χ4n) is 1.57. The van der Waals surface area contributed by atoms with Crippen LogP contribution >= 0.6 is 11.8 Å². The minimum absolute atomic E-state index is 0.148. The zero-order valence-corrected chi connectivity index (χ0v) is 11.5. The van der Waals surface area contributed by atoms with Crippen molar-refractivity contribution in [2.75, 3.05) is 18.6 Å². The number of benzene rings is 1. The average molecular weight is 269 g/mol. The van der Waals surface area contributed by atoms with Crippen LogP contribution in [0.15, 0.2) is 24.3 Å². The summed E-state index contributed by atoms with van der Waals surface area (Å²) in [6, 6.07) is 6.59. The topological polar surface area (TPSA) is 69.6 Å². The molecular formula is C13H19NO3S. The lowest BCUT2D eigenvalue weighted by atomic mass is 10.1. The Kier molecular flexibility index (Phi) is 5.50. The normalized spacial score (nSPS) is 13.9. The van der Waals surface area contributed by atoms with Crippen molar-refractivity contribution in [3.8, 4) is 5.75 Å². The Balaban J connectivity index is 2.43. The van der Waals surface area contributed by atoms with Crippen molar-refractivity contribution in [2.45, 2.75) is 18.9 Å². The molecule has 1 atom stereocenters. The molecule has 0 spiro atoms. The lowest BCUT2D eigenvalue weighted by Crippen LogP contribution is -2.42. The maximum absolute atomic E-state index is 11.7. The summed E-state index contributed by atoms with van der Waals surface area (Å²) in [7, 11) is 0. The average Bonchev–Trinajstić information content (AvgIpc) is 2.26. The highest BCUT2D eigenvalue weighted by Crippen LogP contribution is 2.12. The lowest BCUT2D eigenvalue weighted by molar-refractivity contribution is -0.121. The van der Waals surface area contributed by atoms with Crippen molar-refractivity contribution in [3.05, 3.63) is 29.8 Å². The molecule has 0 aliphatic carbocycles. The molecule has 0 heterocycles. The number of hydrogen-bond acceptors (Lipinski definition) is 4. The van der Waals surface area contributed by atoms with E-state index in [0.717, 1.165) is 5.56 Å². The Morgan fingerprint density at radius 2 is 2.22 bits per heavy atom. The molecule has 18 heavy (non-hydrogen) atoms. The van der Waals surface area contributed by atoms with Crippen LogP contribution in [-0.4, -0.2) is 40.3 Å². The van der Waals surface area contributed by atoms with Crippen molar-refractivity contribution in [3.63, 3.8) is 0 Å². The predicted octanol–water partition coefficient (Wildman–Crippen LogP) is 1.16. The van der Waals surface area contributed by atoms with Gasteiger partial charge in [0.25, 0.3) is 0 Å². The van der Waals surface area contributed by atoms with E-state index in [2.05, 4.69) is 5.32 Å². The van der Waals surface area contributed by atoms with Crippen LogP contribution in [0.2, 0.25) is 0 Å². The molecule has 100 valence electrons. The van der Waals surface area contributed by atoms with Gasteiger partial charge in [0, 0.05) is 12.3 Å². The second-order valence-corrected chi connectivity index (χ2v) is 5.42. The predicted molar refractivity (Wildman–Crippen MR) is 73.8 cm³/mol. The van der Waals surface area contributed by atoms with Gasteiger partial charge in [0.05, 0.1) is 12.0 Å². The first-order valence-corrected chi connectivity index (χ1v) is 7.08. The van der Waals surface area contributed by atoms with Crippen molar-refractivity contribution < 1.29 is 15.0 Å². The quantitative estimate of drug-likeness (QED) is 0.725. The number of rotatable bonds is 6. The molecule has 0 aromatic heterocycles. The van der Waals surface area contributed by atoms with Gasteiger partial charge in [-0.15, -0.1) is 0 Å². The number of amides is 1. The van der Waals surface area contributed by atoms with E-state index in [4.69, 9.17) is 0 Å². The molecule has 0 aliphatic heterocycles. The molecule has 1 aromatic rings. The summed E-state index contributed by atoms with van der Waals surface area (Å²) >= 11 is 1.53. The molecular weight excluding hydrogens is 250 g/mol. The van der Waals surface area contributed by atoms with E-state index < -0.39 is 5.60 Å². The molecule has 0 saturated carbocycles. The standard InChI is InChI=1S/C13H19NO3S/c1-13(17,9-18-2)8-14-12(16)7-10-4-3-5-11(15)6-10/h3-6,15,17H,7-9H2,1-2H3,(H,14,16). The molecule has 3 N–H and O–H groups in total. The highest BCUT2D eigenvalue weighted by molar-refractivity contribution is 7.98. The fraction of sp³-hybridized carbons (Fsp3) is 0.462. The van der Waals surface area contributed by atoms with Crippen molar-refractivity contribution in [2.24, 2.45) is 0 Å². The summed E-state index contributed by atoms with van der Waals surface area (Å²) in [5.74, 6) is 0.552. The van der Waals surface area contributed by atoms with E-state index in [0.29, 0.717) is 5.75 Å². The Morgan fingerprint density at radius 3 is 2.83 bits per heavy atom. The highest BCUT2D eigenvalue weighted by atomic mass is 32.2. The minimum Gasteiger partial charge on any atom is -0.508 e. The van der Waals surface area contributed by atoms with Gasteiger partial charge in [-0.05, 0) is 30.9 Å². The number of phenols is 1. The van der Waals surface area contributed by atoms with Crippen LogP contribution in [0.3, 0.4) is 0 Å². The van der Waals surface area contributed by atoms with E-state index in [-0.39, 0.29) is 24.6 Å². The number of aromatic hydroxyl groups is 1. The van der Waals surface area contributed by atoms with E-state index >= 15 is 0 Å². The third-order valence-corrected chi connectivity index (χ3v) is 3.31. The molecule has 0 fully saturated rings. The molecule has 1 unspecified atom stereocenters.